The monoisotopic (exact) mass is 353 g/mol. The molecule has 0 spiro atoms. The highest BCUT2D eigenvalue weighted by Crippen LogP contribution is 2.21. The van der Waals surface area contributed by atoms with Crippen molar-refractivity contribution in [2.75, 3.05) is 26.2 Å². The number of carbonyl (C=O) groups excluding carboxylic acids is 3. The lowest BCUT2D eigenvalue weighted by Gasteiger charge is -2.28. The summed E-state index contributed by atoms with van der Waals surface area (Å²) in [5, 5.41) is 3.16. The number of likely N-dealkylation sites (tertiary alicyclic amines) is 2. The molecule has 2 aliphatic rings. The van der Waals surface area contributed by atoms with Crippen LogP contribution in [0.2, 0.25) is 0 Å². The van der Waals surface area contributed by atoms with Gasteiger partial charge in [0.1, 0.15) is 11.6 Å². The van der Waals surface area contributed by atoms with Crippen LogP contribution in [0.3, 0.4) is 0 Å². The van der Waals surface area contributed by atoms with E-state index in [4.69, 9.17) is 4.74 Å². The third-order valence-electron chi connectivity index (χ3n) is 4.69. The first-order valence-corrected chi connectivity index (χ1v) is 9.19. The van der Waals surface area contributed by atoms with Crippen LogP contribution < -0.4 is 5.32 Å². The first-order chi connectivity index (χ1) is 11.7. The molecule has 2 amide bonds. The lowest BCUT2D eigenvalue weighted by Crippen LogP contribution is -2.48. The van der Waals surface area contributed by atoms with E-state index in [-0.39, 0.29) is 30.4 Å². The molecular weight excluding hydrogens is 322 g/mol. The van der Waals surface area contributed by atoms with E-state index in [9.17, 15) is 14.4 Å². The van der Waals surface area contributed by atoms with E-state index in [0.29, 0.717) is 19.5 Å². The smallest absolute Gasteiger partial charge is 0.329 e. The summed E-state index contributed by atoms with van der Waals surface area (Å²) in [6.45, 7) is 9.24. The second-order valence-electron chi connectivity index (χ2n) is 7.92. The van der Waals surface area contributed by atoms with Crippen molar-refractivity contribution >= 4 is 17.8 Å². The number of rotatable bonds is 5. The van der Waals surface area contributed by atoms with Crippen LogP contribution in [0.25, 0.3) is 0 Å². The molecule has 0 aromatic heterocycles. The molecule has 2 fully saturated rings. The Kier molecular flexibility index (Phi) is 6.43. The molecule has 2 heterocycles. The highest BCUT2D eigenvalue weighted by Gasteiger charge is 2.36. The quantitative estimate of drug-likeness (QED) is 0.744. The van der Waals surface area contributed by atoms with E-state index in [1.165, 1.54) is 0 Å². The highest BCUT2D eigenvalue weighted by atomic mass is 16.6. The number of esters is 1. The van der Waals surface area contributed by atoms with Crippen LogP contribution >= 0.6 is 0 Å². The average molecular weight is 353 g/mol. The van der Waals surface area contributed by atoms with Crippen molar-refractivity contribution in [3.05, 3.63) is 0 Å². The molecule has 7 nitrogen and oxygen atoms in total. The zero-order chi connectivity index (χ0) is 18.6. The first kappa shape index (κ1) is 19.7. The van der Waals surface area contributed by atoms with Crippen molar-refractivity contribution < 1.29 is 19.1 Å². The molecule has 142 valence electrons. The molecular formula is C18H31N3O4. The Morgan fingerprint density at radius 2 is 1.72 bits per heavy atom. The molecule has 2 saturated heterocycles. The summed E-state index contributed by atoms with van der Waals surface area (Å²) < 4.78 is 5.43. The fraction of sp³-hybridized carbons (Fsp3) is 0.833. The molecule has 0 aromatic carbocycles. The van der Waals surface area contributed by atoms with E-state index < -0.39 is 11.6 Å². The second-order valence-corrected chi connectivity index (χ2v) is 7.92. The molecule has 0 aromatic rings. The van der Waals surface area contributed by atoms with E-state index in [1.54, 1.807) is 11.8 Å². The molecule has 2 unspecified atom stereocenters. The van der Waals surface area contributed by atoms with Gasteiger partial charge in [0.15, 0.2) is 0 Å². The molecule has 0 radical (unpaired) electrons. The van der Waals surface area contributed by atoms with Gasteiger partial charge in [-0.15, -0.1) is 0 Å². The molecule has 2 rings (SSSR count). The van der Waals surface area contributed by atoms with Gasteiger partial charge in [-0.3, -0.25) is 9.59 Å². The van der Waals surface area contributed by atoms with Crippen molar-refractivity contribution in [2.24, 2.45) is 0 Å². The number of carbonyl (C=O) groups is 3. The zero-order valence-electron chi connectivity index (χ0n) is 15.8. The predicted molar refractivity (Wildman–Crippen MR) is 93.9 cm³/mol. The Morgan fingerprint density at radius 1 is 1.08 bits per heavy atom. The average Bonchev–Trinajstić information content (AvgIpc) is 3.14. The van der Waals surface area contributed by atoms with Crippen molar-refractivity contribution in [3.8, 4) is 0 Å². The van der Waals surface area contributed by atoms with Gasteiger partial charge in [0, 0.05) is 32.6 Å². The minimum Gasteiger partial charge on any atom is -0.458 e. The van der Waals surface area contributed by atoms with Crippen LogP contribution in [0, 0.1) is 0 Å². The van der Waals surface area contributed by atoms with Gasteiger partial charge in [0.2, 0.25) is 11.8 Å². The van der Waals surface area contributed by atoms with Crippen LogP contribution in [0.4, 0.5) is 0 Å². The number of ether oxygens (including phenoxy) is 1. The van der Waals surface area contributed by atoms with Crippen LogP contribution in [0.1, 0.15) is 53.4 Å². The fourth-order valence-corrected chi connectivity index (χ4v) is 3.59. The van der Waals surface area contributed by atoms with E-state index in [0.717, 1.165) is 25.8 Å². The molecule has 2 atom stereocenters. The molecule has 7 heteroatoms. The second kappa shape index (κ2) is 8.17. The molecule has 1 N–H and O–H groups in total. The summed E-state index contributed by atoms with van der Waals surface area (Å²) in [6.07, 6.45) is 3.44. The maximum atomic E-state index is 12.5. The number of hydrogen-bond acceptors (Lipinski definition) is 5. The Bertz CT molecular complexity index is 515. The van der Waals surface area contributed by atoms with Crippen LogP contribution in [0.15, 0.2) is 0 Å². The number of nitrogens with one attached hydrogen (secondary N) is 1. The Hall–Kier alpha value is -1.63. The third-order valence-corrected chi connectivity index (χ3v) is 4.69. The normalized spacial score (nSPS) is 23.8. The first-order valence-electron chi connectivity index (χ1n) is 9.19. The summed E-state index contributed by atoms with van der Waals surface area (Å²) in [5.41, 5.74) is -0.550. The molecule has 25 heavy (non-hydrogen) atoms. The standard InChI is InChI=1S/C18H31N3O4/c1-13(22)20-9-5-7-14(20)11-19-12-16(23)21-10-6-8-15(21)17(24)25-18(2,3)4/h14-15,19H,5-12H2,1-4H3. The largest absolute Gasteiger partial charge is 0.458 e. The lowest BCUT2D eigenvalue weighted by molar-refractivity contribution is -0.163. The minimum absolute atomic E-state index is 0.0827. The van der Waals surface area contributed by atoms with Gasteiger partial charge in [-0.25, -0.2) is 4.79 Å². The summed E-state index contributed by atoms with van der Waals surface area (Å²) in [5.74, 6) is -0.321. The van der Waals surface area contributed by atoms with E-state index in [1.807, 2.05) is 25.7 Å². The van der Waals surface area contributed by atoms with Gasteiger partial charge in [-0.2, -0.15) is 0 Å². The fourth-order valence-electron chi connectivity index (χ4n) is 3.59. The Labute approximate surface area is 150 Å². The van der Waals surface area contributed by atoms with Gasteiger partial charge >= 0.3 is 5.97 Å². The summed E-state index contributed by atoms with van der Waals surface area (Å²) in [4.78, 5) is 39.8. The Morgan fingerprint density at radius 3 is 2.36 bits per heavy atom. The van der Waals surface area contributed by atoms with Crippen LogP contribution in [-0.2, 0) is 19.1 Å². The lowest BCUT2D eigenvalue weighted by atomic mass is 10.1. The number of hydrogen-bond donors (Lipinski definition) is 1. The molecule has 2 aliphatic heterocycles. The van der Waals surface area contributed by atoms with Gasteiger partial charge in [-0.1, -0.05) is 0 Å². The van der Waals surface area contributed by atoms with Gasteiger partial charge in [0.05, 0.1) is 6.54 Å². The van der Waals surface area contributed by atoms with Crippen molar-refractivity contribution in [1.29, 1.82) is 0 Å². The maximum Gasteiger partial charge on any atom is 0.329 e. The van der Waals surface area contributed by atoms with Crippen molar-refractivity contribution in [1.82, 2.24) is 15.1 Å². The van der Waals surface area contributed by atoms with Crippen LogP contribution in [-0.4, -0.2) is 71.4 Å². The molecule has 0 aliphatic carbocycles. The predicted octanol–water partition coefficient (Wildman–Crippen LogP) is 0.920. The molecule has 0 saturated carbocycles. The zero-order valence-corrected chi connectivity index (χ0v) is 15.8. The van der Waals surface area contributed by atoms with Crippen molar-refractivity contribution in [3.63, 3.8) is 0 Å². The van der Waals surface area contributed by atoms with Gasteiger partial charge in [-0.05, 0) is 46.5 Å². The van der Waals surface area contributed by atoms with Crippen molar-refractivity contribution in [2.45, 2.75) is 71.1 Å². The van der Waals surface area contributed by atoms with E-state index in [2.05, 4.69) is 5.32 Å². The summed E-state index contributed by atoms with van der Waals surface area (Å²) in [7, 11) is 0. The van der Waals surface area contributed by atoms with E-state index >= 15 is 0 Å². The van der Waals surface area contributed by atoms with Gasteiger partial charge < -0.3 is 19.9 Å². The highest BCUT2D eigenvalue weighted by molar-refractivity contribution is 5.86. The Balaban J connectivity index is 1.81. The molecule has 0 bridgehead atoms. The number of nitrogens with zero attached hydrogens (tertiary/aromatic N) is 2. The minimum atomic E-state index is -0.550. The summed E-state index contributed by atoms with van der Waals surface area (Å²) >= 11 is 0. The van der Waals surface area contributed by atoms with Crippen LogP contribution in [0.5, 0.6) is 0 Å². The topological polar surface area (TPSA) is 79.0 Å². The SMILES string of the molecule is CC(=O)N1CCCC1CNCC(=O)N1CCCC1C(=O)OC(C)(C)C. The van der Waals surface area contributed by atoms with Gasteiger partial charge in [0.25, 0.3) is 0 Å². The number of amides is 2. The third kappa shape index (κ3) is 5.42. The summed E-state index contributed by atoms with van der Waals surface area (Å²) in [6, 6.07) is -0.320. The maximum absolute atomic E-state index is 12.5.